The molecule has 158 valence electrons. The Balaban J connectivity index is 2.01. The first-order chi connectivity index (χ1) is 13.6. The minimum Gasteiger partial charge on any atom is -0.274 e. The molecule has 5 nitrogen and oxygen atoms in total. The molecule has 1 aromatic rings. The second-order valence-corrected chi connectivity index (χ2v) is 7.33. The van der Waals surface area contributed by atoms with Gasteiger partial charge in [-0.25, -0.2) is 9.36 Å². The van der Waals surface area contributed by atoms with Crippen molar-refractivity contribution in [3.8, 4) is 0 Å². The van der Waals surface area contributed by atoms with Gasteiger partial charge in [0.2, 0.25) is 11.7 Å². The van der Waals surface area contributed by atoms with Gasteiger partial charge in [-0.15, -0.1) is 0 Å². The van der Waals surface area contributed by atoms with Crippen molar-refractivity contribution >= 4 is 5.91 Å². The number of hydrogen-bond acceptors (Lipinski definition) is 3. The zero-order valence-corrected chi connectivity index (χ0v) is 17.2. The van der Waals surface area contributed by atoms with Gasteiger partial charge in [0, 0.05) is 6.42 Å². The summed E-state index contributed by atoms with van der Waals surface area (Å²) in [5.41, 5.74) is -1.99. The molecule has 0 aliphatic carbocycles. The summed E-state index contributed by atoms with van der Waals surface area (Å²) in [4.78, 5) is 36.2. The standard InChI is InChI=1S/C22H35FN2O3/c1-2-3-4-5-6-7-8-9-10-11-12-13-14-15-16-17-20(26)25-18-19(23)21(27)24-22(25)28/h9-10,18H,2-8,11-17H2,1H3,(H,24,27,28)/b10-9-. The minimum absolute atomic E-state index is 0.170. The lowest BCUT2D eigenvalue weighted by atomic mass is 10.1. The third-order valence-electron chi connectivity index (χ3n) is 4.82. The van der Waals surface area contributed by atoms with Crippen molar-refractivity contribution in [2.24, 2.45) is 0 Å². The first-order valence-corrected chi connectivity index (χ1v) is 10.8. The van der Waals surface area contributed by atoms with Gasteiger partial charge in [-0.3, -0.25) is 14.6 Å². The van der Waals surface area contributed by atoms with E-state index >= 15 is 0 Å². The highest BCUT2D eigenvalue weighted by atomic mass is 19.1. The average Bonchev–Trinajstić information content (AvgIpc) is 2.67. The Hall–Kier alpha value is -1.98. The molecule has 0 unspecified atom stereocenters. The maximum absolute atomic E-state index is 13.2. The fourth-order valence-electron chi connectivity index (χ4n) is 3.10. The molecule has 1 rings (SSSR count). The Morgan fingerprint density at radius 3 is 2.07 bits per heavy atom. The van der Waals surface area contributed by atoms with Gasteiger partial charge in [-0.05, 0) is 32.1 Å². The fraction of sp³-hybridized carbons (Fsp3) is 0.682. The van der Waals surface area contributed by atoms with Crippen LogP contribution in [0, 0.1) is 5.82 Å². The number of unbranched alkanes of at least 4 members (excludes halogenated alkanes) is 11. The molecular weight excluding hydrogens is 359 g/mol. The van der Waals surface area contributed by atoms with Gasteiger partial charge in [-0.1, -0.05) is 70.4 Å². The van der Waals surface area contributed by atoms with E-state index in [0.29, 0.717) is 17.2 Å². The van der Waals surface area contributed by atoms with Crippen LogP contribution in [-0.2, 0) is 0 Å². The number of aromatic amines is 1. The Labute approximate surface area is 167 Å². The minimum atomic E-state index is -1.13. The molecule has 1 heterocycles. The van der Waals surface area contributed by atoms with E-state index < -0.39 is 23.0 Å². The number of nitrogens with one attached hydrogen (secondary N) is 1. The number of nitrogens with zero attached hydrogens (tertiary/aromatic N) is 1. The van der Waals surface area contributed by atoms with Crippen molar-refractivity contribution in [2.45, 2.75) is 96.8 Å². The number of halogens is 1. The quantitative estimate of drug-likeness (QED) is 0.322. The molecule has 0 bridgehead atoms. The zero-order chi connectivity index (χ0) is 20.6. The van der Waals surface area contributed by atoms with Gasteiger partial charge in [0.05, 0.1) is 6.20 Å². The summed E-state index contributed by atoms with van der Waals surface area (Å²) >= 11 is 0. The number of hydrogen-bond donors (Lipinski definition) is 1. The molecule has 6 heteroatoms. The van der Waals surface area contributed by atoms with Crippen LogP contribution in [0.15, 0.2) is 27.9 Å². The van der Waals surface area contributed by atoms with Crippen LogP contribution >= 0.6 is 0 Å². The summed E-state index contributed by atoms with van der Waals surface area (Å²) in [7, 11) is 0. The molecule has 0 saturated carbocycles. The molecule has 0 saturated heterocycles. The summed E-state index contributed by atoms with van der Waals surface area (Å²) in [6.45, 7) is 2.24. The van der Waals surface area contributed by atoms with Gasteiger partial charge < -0.3 is 0 Å². The highest BCUT2D eigenvalue weighted by Gasteiger charge is 2.10. The Morgan fingerprint density at radius 2 is 1.46 bits per heavy atom. The third-order valence-corrected chi connectivity index (χ3v) is 4.82. The smallest absolute Gasteiger partial charge is 0.274 e. The SMILES string of the molecule is CCCCCCCC/C=C\CCCCCCCC(=O)n1cc(F)c(=O)[nH]c1=O. The monoisotopic (exact) mass is 394 g/mol. The van der Waals surface area contributed by atoms with Crippen LogP contribution < -0.4 is 11.2 Å². The van der Waals surface area contributed by atoms with Crippen LogP contribution in [0.3, 0.4) is 0 Å². The lowest BCUT2D eigenvalue weighted by Gasteiger charge is -2.04. The van der Waals surface area contributed by atoms with Gasteiger partial charge >= 0.3 is 5.69 Å². The van der Waals surface area contributed by atoms with Crippen LogP contribution in [0.4, 0.5) is 4.39 Å². The summed E-state index contributed by atoms with van der Waals surface area (Å²) in [5.74, 6) is -1.62. The number of rotatable bonds is 15. The van der Waals surface area contributed by atoms with Crippen LogP contribution in [0.5, 0.6) is 0 Å². The average molecular weight is 395 g/mol. The molecule has 28 heavy (non-hydrogen) atoms. The molecule has 0 aliphatic heterocycles. The third kappa shape index (κ3) is 10.4. The van der Waals surface area contributed by atoms with Crippen LogP contribution in [0.2, 0.25) is 0 Å². The van der Waals surface area contributed by atoms with Crippen LogP contribution in [0.25, 0.3) is 0 Å². The molecule has 0 fully saturated rings. The summed E-state index contributed by atoms with van der Waals surface area (Å²) in [6, 6.07) is 0. The normalized spacial score (nSPS) is 11.4. The summed E-state index contributed by atoms with van der Waals surface area (Å²) in [6.07, 6.45) is 20.5. The first-order valence-electron chi connectivity index (χ1n) is 10.8. The Bertz CT molecular complexity index is 706. The molecule has 1 N–H and O–H groups in total. The number of H-pyrrole nitrogens is 1. The number of carbonyl (C=O) groups is 1. The Morgan fingerprint density at radius 1 is 0.929 bits per heavy atom. The van der Waals surface area contributed by atoms with Gasteiger partial charge in [0.15, 0.2) is 0 Å². The van der Waals surface area contributed by atoms with Crippen LogP contribution in [0.1, 0.15) is 102 Å². The van der Waals surface area contributed by atoms with E-state index in [0.717, 1.165) is 32.1 Å². The van der Waals surface area contributed by atoms with E-state index in [1.807, 2.05) is 0 Å². The highest BCUT2D eigenvalue weighted by Crippen LogP contribution is 2.10. The largest absolute Gasteiger partial charge is 0.335 e. The Kier molecular flexibility index (Phi) is 12.9. The van der Waals surface area contributed by atoms with E-state index in [9.17, 15) is 18.8 Å². The maximum atomic E-state index is 13.2. The zero-order valence-electron chi connectivity index (χ0n) is 17.2. The van der Waals surface area contributed by atoms with Gasteiger partial charge in [0.1, 0.15) is 0 Å². The lowest BCUT2D eigenvalue weighted by molar-refractivity contribution is 0.0891. The maximum Gasteiger partial charge on any atom is 0.335 e. The summed E-state index contributed by atoms with van der Waals surface area (Å²) < 4.78 is 13.8. The van der Waals surface area contributed by atoms with E-state index in [1.165, 1.54) is 44.9 Å². The molecule has 0 aromatic carbocycles. The molecule has 0 aliphatic rings. The second kappa shape index (κ2) is 15.0. The van der Waals surface area contributed by atoms with Crippen molar-refractivity contribution in [2.75, 3.05) is 0 Å². The van der Waals surface area contributed by atoms with Crippen LogP contribution in [-0.4, -0.2) is 15.5 Å². The second-order valence-electron chi connectivity index (χ2n) is 7.33. The number of allylic oxidation sites excluding steroid dienone is 2. The van der Waals surface area contributed by atoms with Crippen molar-refractivity contribution in [3.05, 3.63) is 45.0 Å². The number of aromatic nitrogens is 2. The van der Waals surface area contributed by atoms with Crippen molar-refractivity contribution in [1.29, 1.82) is 0 Å². The van der Waals surface area contributed by atoms with Gasteiger partial charge in [0.25, 0.3) is 5.56 Å². The predicted molar refractivity (Wildman–Crippen MR) is 111 cm³/mol. The van der Waals surface area contributed by atoms with Crippen molar-refractivity contribution in [1.82, 2.24) is 9.55 Å². The first kappa shape index (κ1) is 24.1. The highest BCUT2D eigenvalue weighted by molar-refractivity contribution is 5.78. The molecule has 0 spiro atoms. The molecule has 0 atom stereocenters. The predicted octanol–water partition coefficient (Wildman–Crippen LogP) is 5.35. The fourth-order valence-corrected chi connectivity index (χ4v) is 3.10. The van der Waals surface area contributed by atoms with Crippen molar-refractivity contribution in [3.63, 3.8) is 0 Å². The lowest BCUT2D eigenvalue weighted by Crippen LogP contribution is -2.34. The van der Waals surface area contributed by atoms with Gasteiger partial charge in [-0.2, -0.15) is 4.39 Å². The number of carbonyl (C=O) groups excluding carboxylic acids is 1. The molecule has 0 radical (unpaired) electrons. The topological polar surface area (TPSA) is 71.9 Å². The summed E-state index contributed by atoms with van der Waals surface area (Å²) in [5, 5.41) is 0. The van der Waals surface area contributed by atoms with Crippen molar-refractivity contribution < 1.29 is 9.18 Å². The molecule has 1 aromatic heterocycles. The van der Waals surface area contributed by atoms with E-state index in [-0.39, 0.29) is 6.42 Å². The molecule has 0 amide bonds. The molecular formula is C22H35FN2O3. The van der Waals surface area contributed by atoms with E-state index in [2.05, 4.69) is 19.1 Å². The van der Waals surface area contributed by atoms with E-state index in [4.69, 9.17) is 0 Å². The van der Waals surface area contributed by atoms with E-state index in [1.54, 1.807) is 4.98 Å².